The molecule has 0 aliphatic carbocycles. The van der Waals surface area contributed by atoms with Crippen molar-refractivity contribution < 1.29 is 73.0 Å². The van der Waals surface area contributed by atoms with Gasteiger partial charge in [0.05, 0.1) is 0 Å². The van der Waals surface area contributed by atoms with Gasteiger partial charge in [-0.2, -0.15) is 0 Å². The molecule has 0 aromatic carbocycles. The molecule has 0 amide bonds. The first kappa shape index (κ1) is 30.1. The summed E-state index contributed by atoms with van der Waals surface area (Å²) in [5, 5.41) is 0. The molecule has 0 aliphatic heterocycles. The summed E-state index contributed by atoms with van der Waals surface area (Å²) in [7, 11) is -4.64. The normalized spacial score (nSPS) is 6.56. The van der Waals surface area contributed by atoms with Crippen molar-refractivity contribution in [3.63, 3.8) is 0 Å². The van der Waals surface area contributed by atoms with Crippen molar-refractivity contribution >= 4 is 30.9 Å². The van der Waals surface area contributed by atoms with Crippen molar-refractivity contribution in [2.24, 2.45) is 0 Å². The van der Waals surface area contributed by atoms with Crippen LogP contribution in [0.2, 0.25) is 0 Å². The summed E-state index contributed by atoms with van der Waals surface area (Å²) < 4.78 is 8.88. The zero-order valence-electron chi connectivity index (χ0n) is 5.97. The van der Waals surface area contributed by atoms with Crippen LogP contribution in [0.25, 0.3) is 0 Å². The first-order valence-corrected chi connectivity index (χ1v) is 2.35. The SMILES string of the molecule is O=P(O)(O)O.[Co].[Fe].[H-].[H-].[Mg+2].[Mn]. The van der Waals surface area contributed by atoms with E-state index >= 15 is 0 Å². The first-order chi connectivity index (χ1) is 2.00. The predicted molar refractivity (Wildman–Crippen MR) is 22.2 cm³/mol. The van der Waals surface area contributed by atoms with Crippen LogP contribution in [0.3, 0.4) is 0 Å². The zero-order chi connectivity index (χ0) is 4.50. The van der Waals surface area contributed by atoms with Crippen LogP contribution in [-0.2, 0) is 55.5 Å². The molecule has 0 unspecified atom stereocenters. The van der Waals surface area contributed by atoms with Crippen LogP contribution in [-0.4, -0.2) is 37.7 Å². The van der Waals surface area contributed by atoms with E-state index in [1.165, 1.54) is 0 Å². The molecule has 0 atom stereocenters. The Kier molecular flexibility index (Phi) is 43.6. The second-order valence-electron chi connectivity index (χ2n) is 0.513. The van der Waals surface area contributed by atoms with E-state index in [4.69, 9.17) is 19.2 Å². The molecule has 0 aromatic rings. The maximum atomic E-state index is 8.88. The largest absolute Gasteiger partial charge is 2.00 e. The average molecular weight is 294 g/mol. The summed E-state index contributed by atoms with van der Waals surface area (Å²) in [5.41, 5.74) is 0. The van der Waals surface area contributed by atoms with Crippen molar-refractivity contribution in [3.05, 3.63) is 0 Å². The molecule has 0 spiro atoms. The van der Waals surface area contributed by atoms with E-state index < -0.39 is 7.82 Å². The van der Waals surface area contributed by atoms with Crippen molar-refractivity contribution in [3.8, 4) is 0 Å². The van der Waals surface area contributed by atoms with Crippen LogP contribution < -0.4 is 0 Å². The van der Waals surface area contributed by atoms with Gasteiger partial charge in [-0.25, -0.2) is 4.57 Å². The minimum absolute atomic E-state index is 0. The molecule has 9 heteroatoms. The number of hydrogen-bond acceptors (Lipinski definition) is 1. The van der Waals surface area contributed by atoms with E-state index in [-0.39, 0.29) is 76.8 Å². The zero-order valence-corrected chi connectivity index (χ0v) is 9.60. The fourth-order valence-corrected chi connectivity index (χ4v) is 0. The molecule has 3 N–H and O–H groups in total. The Labute approximate surface area is 103 Å². The number of phosphoric acid groups is 1. The molecule has 0 saturated carbocycles. The maximum absolute atomic E-state index is 8.88. The van der Waals surface area contributed by atoms with E-state index in [9.17, 15) is 0 Å². The van der Waals surface area contributed by atoms with Crippen LogP contribution in [0, 0.1) is 0 Å². The Hall–Kier alpha value is 2.42. The summed E-state index contributed by atoms with van der Waals surface area (Å²) in [6, 6.07) is 0. The Bertz CT molecular complexity index is 74.2. The Balaban J connectivity index is -0.00000000533. The minimum Gasteiger partial charge on any atom is -1.00 e. The molecule has 60 valence electrons. The third-order valence-electron chi connectivity index (χ3n) is 0. The number of hydrogen-bond donors (Lipinski definition) is 3. The first-order valence-electron chi connectivity index (χ1n) is 0.783. The molecule has 0 aliphatic rings. The Morgan fingerprint density at radius 2 is 1.22 bits per heavy atom. The van der Waals surface area contributed by atoms with Crippen LogP contribution in [0.4, 0.5) is 0 Å². The molecule has 0 fully saturated rings. The van der Waals surface area contributed by atoms with Gasteiger partial charge in [0.1, 0.15) is 0 Å². The molecule has 0 bridgehead atoms. The van der Waals surface area contributed by atoms with Crippen LogP contribution in [0.5, 0.6) is 0 Å². The van der Waals surface area contributed by atoms with Crippen LogP contribution in [0.1, 0.15) is 2.85 Å². The summed E-state index contributed by atoms with van der Waals surface area (Å²) in [4.78, 5) is 21.6. The second-order valence-corrected chi connectivity index (χ2v) is 1.54. The van der Waals surface area contributed by atoms with Crippen molar-refractivity contribution in [1.82, 2.24) is 0 Å². The Morgan fingerprint density at radius 1 is 1.22 bits per heavy atom. The minimum atomic E-state index is -4.64. The average Bonchev–Trinajstić information content (AvgIpc) is 0.722. The fourth-order valence-electron chi connectivity index (χ4n) is 0. The quantitative estimate of drug-likeness (QED) is 0.392. The van der Waals surface area contributed by atoms with Crippen LogP contribution in [0.15, 0.2) is 0 Å². The smallest absolute Gasteiger partial charge is 1.00 e. The number of rotatable bonds is 0. The predicted octanol–water partition coefficient (Wildman–Crippen LogP) is -1.09. The van der Waals surface area contributed by atoms with E-state index in [1.54, 1.807) is 0 Å². The monoisotopic (exact) mass is 294 g/mol. The molecule has 2 radical (unpaired) electrons. The van der Waals surface area contributed by atoms with Gasteiger partial charge in [-0.05, 0) is 0 Å². The summed E-state index contributed by atoms with van der Waals surface area (Å²) in [6.45, 7) is 0. The third-order valence-corrected chi connectivity index (χ3v) is 0. The van der Waals surface area contributed by atoms with Gasteiger partial charge in [-0.3, -0.25) is 0 Å². The van der Waals surface area contributed by atoms with Gasteiger partial charge in [-0.1, -0.05) is 0 Å². The van der Waals surface area contributed by atoms with Gasteiger partial charge in [0.25, 0.3) is 0 Å². The van der Waals surface area contributed by atoms with Crippen LogP contribution >= 0.6 is 7.82 Å². The summed E-state index contributed by atoms with van der Waals surface area (Å²) in [6.07, 6.45) is 0. The molecule has 0 saturated heterocycles. The van der Waals surface area contributed by atoms with E-state index in [0.717, 1.165) is 0 Å². The summed E-state index contributed by atoms with van der Waals surface area (Å²) in [5.74, 6) is 0. The molecule has 0 heterocycles. The van der Waals surface area contributed by atoms with Crippen molar-refractivity contribution in [2.75, 3.05) is 0 Å². The fraction of sp³-hybridized carbons (Fsp3) is 0. The summed E-state index contributed by atoms with van der Waals surface area (Å²) >= 11 is 0. The standard InChI is InChI=1S/Co.Fe.Mg.Mn.H3O4P.2H/c;;;;1-5(2,3)4;;/h;;;;(H3,1,2,3,4);;/q;;+2;;;2*-1. The van der Waals surface area contributed by atoms with E-state index in [2.05, 4.69) is 0 Å². The van der Waals surface area contributed by atoms with Gasteiger partial charge >= 0.3 is 30.9 Å². The van der Waals surface area contributed by atoms with Gasteiger partial charge in [-0.15, -0.1) is 0 Å². The van der Waals surface area contributed by atoms with E-state index in [0.29, 0.717) is 0 Å². The molecular weight excluding hydrogens is 289 g/mol. The third kappa shape index (κ3) is 126. The molecule has 9 heavy (non-hydrogen) atoms. The van der Waals surface area contributed by atoms with Crippen molar-refractivity contribution in [1.29, 1.82) is 0 Å². The molecular formula is H5CoFeMgMnO4P. The Morgan fingerprint density at radius 3 is 1.22 bits per heavy atom. The van der Waals surface area contributed by atoms with Gasteiger partial charge in [0.2, 0.25) is 0 Å². The van der Waals surface area contributed by atoms with Gasteiger partial charge in [0, 0.05) is 50.9 Å². The molecule has 0 aromatic heterocycles. The van der Waals surface area contributed by atoms with Gasteiger partial charge < -0.3 is 17.5 Å². The van der Waals surface area contributed by atoms with Gasteiger partial charge in [0.15, 0.2) is 0 Å². The van der Waals surface area contributed by atoms with Crippen molar-refractivity contribution in [2.45, 2.75) is 0 Å². The van der Waals surface area contributed by atoms with E-state index in [1.807, 2.05) is 0 Å². The molecule has 4 nitrogen and oxygen atoms in total. The maximum Gasteiger partial charge on any atom is 2.00 e. The molecule has 0 rings (SSSR count). The topological polar surface area (TPSA) is 77.8 Å². The second kappa shape index (κ2) is 13.0.